The molecule has 24 heavy (non-hydrogen) atoms. The van der Waals surface area contributed by atoms with E-state index in [4.69, 9.17) is 10.00 Å². The predicted octanol–water partition coefficient (Wildman–Crippen LogP) is 4.13. The number of nitriles is 1. The van der Waals surface area contributed by atoms with Crippen molar-refractivity contribution in [2.75, 3.05) is 11.9 Å². The maximum atomic E-state index is 13.3. The molecule has 0 aliphatic rings. The van der Waals surface area contributed by atoms with Crippen molar-refractivity contribution in [1.29, 1.82) is 5.26 Å². The average molecular weight is 320 g/mol. The molecule has 0 unspecified atom stereocenters. The zero-order valence-corrected chi connectivity index (χ0v) is 12.6. The maximum absolute atomic E-state index is 13.3. The lowest BCUT2D eigenvalue weighted by Crippen LogP contribution is -2.12. The molecule has 3 rings (SSSR count). The molecular weight excluding hydrogens is 307 g/mol. The molecule has 4 nitrogen and oxygen atoms in total. The summed E-state index contributed by atoms with van der Waals surface area (Å²) in [5.41, 5.74) is 0.827. The third-order valence-electron chi connectivity index (χ3n) is 3.50. The molecule has 0 heterocycles. The molecule has 5 heteroatoms. The smallest absolute Gasteiger partial charge is 0.256 e. The van der Waals surface area contributed by atoms with Gasteiger partial charge in [0, 0.05) is 16.6 Å². The summed E-state index contributed by atoms with van der Waals surface area (Å²) in [6.07, 6.45) is 0. The Morgan fingerprint density at radius 3 is 2.62 bits per heavy atom. The molecule has 0 saturated carbocycles. The van der Waals surface area contributed by atoms with Gasteiger partial charge in [-0.05, 0) is 35.7 Å². The molecule has 0 fully saturated rings. The summed E-state index contributed by atoms with van der Waals surface area (Å²) in [5, 5.41) is 12.8. The minimum atomic E-state index is -0.419. The van der Waals surface area contributed by atoms with E-state index >= 15 is 0 Å². The maximum Gasteiger partial charge on any atom is 0.256 e. The van der Waals surface area contributed by atoms with Crippen molar-refractivity contribution in [2.45, 2.75) is 0 Å². The van der Waals surface area contributed by atoms with Crippen molar-refractivity contribution in [3.05, 3.63) is 72.0 Å². The largest absolute Gasteiger partial charge is 0.478 e. The second kappa shape index (κ2) is 6.80. The van der Waals surface area contributed by atoms with Gasteiger partial charge in [-0.1, -0.05) is 30.3 Å². The van der Waals surface area contributed by atoms with Gasteiger partial charge >= 0.3 is 0 Å². The number of rotatable bonds is 4. The molecule has 0 atom stereocenters. The summed E-state index contributed by atoms with van der Waals surface area (Å²) in [4.78, 5) is 12.5. The van der Waals surface area contributed by atoms with Crippen LogP contribution in [-0.4, -0.2) is 12.5 Å². The van der Waals surface area contributed by atoms with Gasteiger partial charge in [-0.25, -0.2) is 4.39 Å². The van der Waals surface area contributed by atoms with Crippen LogP contribution in [0, 0.1) is 17.1 Å². The van der Waals surface area contributed by atoms with Gasteiger partial charge in [0.15, 0.2) is 6.61 Å². The van der Waals surface area contributed by atoms with Crippen LogP contribution >= 0.6 is 0 Å². The molecular formula is C19H13FN2O2. The van der Waals surface area contributed by atoms with E-state index in [1.807, 2.05) is 24.3 Å². The fourth-order valence-corrected chi connectivity index (χ4v) is 2.47. The molecule has 0 bridgehead atoms. The molecule has 0 radical (unpaired) electrons. The van der Waals surface area contributed by atoms with Crippen LogP contribution in [0.25, 0.3) is 10.8 Å². The number of carbonyl (C=O) groups excluding carboxylic acids is 1. The lowest BCUT2D eigenvalue weighted by atomic mass is 10.0. The first-order chi connectivity index (χ1) is 11.7. The van der Waals surface area contributed by atoms with Crippen molar-refractivity contribution < 1.29 is 13.9 Å². The van der Waals surface area contributed by atoms with E-state index in [1.165, 1.54) is 18.2 Å². The Labute approximate surface area is 138 Å². The van der Waals surface area contributed by atoms with E-state index in [9.17, 15) is 9.18 Å². The normalized spacial score (nSPS) is 10.2. The topological polar surface area (TPSA) is 62.1 Å². The second-order valence-electron chi connectivity index (χ2n) is 5.07. The third-order valence-corrected chi connectivity index (χ3v) is 3.50. The Morgan fingerprint density at radius 2 is 1.88 bits per heavy atom. The lowest BCUT2D eigenvalue weighted by molar-refractivity contribution is 0.102. The quantitative estimate of drug-likeness (QED) is 0.786. The van der Waals surface area contributed by atoms with Crippen LogP contribution in [0.4, 0.5) is 10.1 Å². The zero-order chi connectivity index (χ0) is 16.9. The average Bonchev–Trinajstić information content (AvgIpc) is 2.59. The van der Waals surface area contributed by atoms with Gasteiger partial charge in [0.05, 0.1) is 0 Å². The van der Waals surface area contributed by atoms with E-state index in [2.05, 4.69) is 5.32 Å². The Hall–Kier alpha value is -3.39. The monoisotopic (exact) mass is 320 g/mol. The number of carbonyl (C=O) groups is 1. The summed E-state index contributed by atoms with van der Waals surface area (Å²) >= 11 is 0. The van der Waals surface area contributed by atoms with Gasteiger partial charge in [0.1, 0.15) is 17.6 Å². The first-order valence-electron chi connectivity index (χ1n) is 7.27. The number of ether oxygens (including phenoxy) is 1. The highest BCUT2D eigenvalue weighted by atomic mass is 19.1. The number of amides is 1. The summed E-state index contributed by atoms with van der Waals surface area (Å²) in [6.45, 7) is -0.0706. The van der Waals surface area contributed by atoms with Crippen molar-refractivity contribution in [1.82, 2.24) is 0 Å². The van der Waals surface area contributed by atoms with Crippen LogP contribution in [0.1, 0.15) is 10.4 Å². The van der Waals surface area contributed by atoms with Crippen LogP contribution in [-0.2, 0) is 0 Å². The molecule has 118 valence electrons. The fraction of sp³-hybridized carbons (Fsp3) is 0.0526. The van der Waals surface area contributed by atoms with Crippen LogP contribution < -0.4 is 10.1 Å². The standard InChI is InChI=1S/C19H13FN2O2/c20-13-4-3-5-14(12-13)22-19(23)17-8-9-18(24-11-10-21)16-7-2-1-6-15(16)17/h1-9,12H,11H2,(H,22,23). The molecule has 3 aromatic carbocycles. The number of anilines is 1. The first-order valence-corrected chi connectivity index (χ1v) is 7.27. The number of benzene rings is 3. The molecule has 1 amide bonds. The van der Waals surface area contributed by atoms with Gasteiger partial charge in [-0.15, -0.1) is 0 Å². The molecule has 1 N–H and O–H groups in total. The highest BCUT2D eigenvalue weighted by Crippen LogP contribution is 2.29. The number of nitrogens with one attached hydrogen (secondary N) is 1. The number of hydrogen-bond donors (Lipinski definition) is 1. The van der Waals surface area contributed by atoms with Crippen molar-refractivity contribution in [3.63, 3.8) is 0 Å². The van der Waals surface area contributed by atoms with Gasteiger partial charge in [0.2, 0.25) is 0 Å². The second-order valence-corrected chi connectivity index (χ2v) is 5.07. The van der Waals surface area contributed by atoms with Crippen LogP contribution in [0.3, 0.4) is 0 Å². The minimum absolute atomic E-state index is 0.0706. The van der Waals surface area contributed by atoms with E-state index in [0.717, 1.165) is 5.39 Å². The van der Waals surface area contributed by atoms with Crippen LogP contribution in [0.15, 0.2) is 60.7 Å². The summed E-state index contributed by atoms with van der Waals surface area (Å²) < 4.78 is 18.6. The number of fused-ring (bicyclic) bond motifs is 1. The zero-order valence-electron chi connectivity index (χ0n) is 12.6. The van der Waals surface area contributed by atoms with Crippen molar-refractivity contribution in [2.24, 2.45) is 0 Å². The van der Waals surface area contributed by atoms with Gasteiger partial charge in [-0.2, -0.15) is 5.26 Å². The number of halogens is 1. The Bertz CT molecular complexity index is 947. The SMILES string of the molecule is N#CCOc1ccc(C(=O)Nc2cccc(F)c2)c2ccccc12. The Balaban J connectivity index is 1.97. The molecule has 0 aliphatic carbocycles. The molecule has 0 spiro atoms. The van der Waals surface area contributed by atoms with E-state index in [0.29, 0.717) is 22.4 Å². The third kappa shape index (κ3) is 3.18. The highest BCUT2D eigenvalue weighted by Gasteiger charge is 2.13. The van der Waals surface area contributed by atoms with Crippen molar-refractivity contribution in [3.8, 4) is 11.8 Å². The summed E-state index contributed by atoms with van der Waals surface area (Å²) in [7, 11) is 0. The highest BCUT2D eigenvalue weighted by molar-refractivity contribution is 6.13. The minimum Gasteiger partial charge on any atom is -0.478 e. The molecule has 0 aliphatic heterocycles. The van der Waals surface area contributed by atoms with Gasteiger partial charge < -0.3 is 10.1 Å². The first kappa shape index (κ1) is 15.5. The number of hydrogen-bond acceptors (Lipinski definition) is 3. The van der Waals surface area contributed by atoms with E-state index in [-0.39, 0.29) is 12.5 Å². The van der Waals surface area contributed by atoms with E-state index < -0.39 is 5.82 Å². The fourth-order valence-electron chi connectivity index (χ4n) is 2.47. The molecule has 0 saturated heterocycles. The van der Waals surface area contributed by atoms with Gasteiger partial charge in [0.25, 0.3) is 5.91 Å². The summed E-state index contributed by atoms with van der Waals surface area (Å²) in [5.74, 6) is -0.226. The van der Waals surface area contributed by atoms with Crippen LogP contribution in [0.5, 0.6) is 5.75 Å². The molecule has 0 aromatic heterocycles. The van der Waals surface area contributed by atoms with Crippen molar-refractivity contribution >= 4 is 22.4 Å². The predicted molar refractivity (Wildman–Crippen MR) is 89.4 cm³/mol. The Morgan fingerprint density at radius 1 is 1.08 bits per heavy atom. The van der Waals surface area contributed by atoms with E-state index in [1.54, 1.807) is 24.3 Å². The molecule has 3 aromatic rings. The summed E-state index contributed by atoms with van der Waals surface area (Å²) in [6, 6.07) is 18.2. The lowest BCUT2D eigenvalue weighted by Gasteiger charge is -2.11. The Kier molecular flexibility index (Phi) is 4.39. The number of nitrogens with zero attached hydrogens (tertiary/aromatic N) is 1. The van der Waals surface area contributed by atoms with Gasteiger partial charge in [-0.3, -0.25) is 4.79 Å². The van der Waals surface area contributed by atoms with Crippen LogP contribution in [0.2, 0.25) is 0 Å².